The Hall–Kier alpha value is -1.20. The molecule has 1 aromatic carbocycles. The smallest absolute Gasteiger partial charge is 0.252 e. The van der Waals surface area contributed by atoms with E-state index in [0.717, 1.165) is 10.6 Å². The van der Waals surface area contributed by atoms with E-state index in [1.807, 2.05) is 13.0 Å². The lowest BCUT2D eigenvalue weighted by atomic mass is 10.2. The maximum absolute atomic E-state index is 12.3. The summed E-state index contributed by atoms with van der Waals surface area (Å²) in [4.78, 5) is 26.4. The molecule has 1 aromatic rings. The van der Waals surface area contributed by atoms with Crippen LogP contribution in [0.1, 0.15) is 23.7 Å². The molecule has 1 N–H and O–H groups in total. The Bertz CT molecular complexity index is 536. The lowest BCUT2D eigenvalue weighted by Crippen LogP contribution is -2.36. The van der Waals surface area contributed by atoms with Gasteiger partial charge in [-0.2, -0.15) is 0 Å². The van der Waals surface area contributed by atoms with Gasteiger partial charge in [-0.05, 0) is 24.0 Å². The van der Waals surface area contributed by atoms with Crippen molar-refractivity contribution in [3.63, 3.8) is 0 Å². The number of nitrogens with one attached hydrogen (secondary N) is 1. The molecule has 4 nitrogen and oxygen atoms in total. The first kappa shape index (κ1) is 15.2. The number of rotatable bonds is 4. The van der Waals surface area contributed by atoms with E-state index in [-0.39, 0.29) is 17.9 Å². The first-order valence-corrected chi connectivity index (χ1v) is 7.84. The quantitative estimate of drug-likeness (QED) is 0.869. The van der Waals surface area contributed by atoms with Crippen molar-refractivity contribution in [2.75, 3.05) is 19.3 Å². The van der Waals surface area contributed by atoms with Crippen LogP contribution in [0.5, 0.6) is 0 Å². The molecule has 0 aromatic heterocycles. The van der Waals surface area contributed by atoms with Crippen LogP contribution in [0.15, 0.2) is 23.1 Å². The van der Waals surface area contributed by atoms with Gasteiger partial charge in [0.2, 0.25) is 5.91 Å². The standard InChI is InChI=1S/C14H17ClN2O2S/c1-3-20-12-5-4-9(15)6-11(12)14(19)16-10-7-13(18)17(2)8-10/h4-6,10H,3,7-8H2,1-2H3,(H,16,19). The Labute approximate surface area is 127 Å². The number of thioether (sulfide) groups is 1. The fourth-order valence-corrected chi connectivity index (χ4v) is 3.14. The number of hydrogen-bond donors (Lipinski definition) is 1. The molecule has 0 bridgehead atoms. The third-order valence-corrected chi connectivity index (χ3v) is 4.35. The molecule has 1 atom stereocenters. The van der Waals surface area contributed by atoms with Crippen LogP contribution in [-0.4, -0.2) is 42.1 Å². The summed E-state index contributed by atoms with van der Waals surface area (Å²) in [6.07, 6.45) is 0.360. The molecule has 0 aliphatic carbocycles. The van der Waals surface area contributed by atoms with E-state index in [9.17, 15) is 9.59 Å². The Morgan fingerprint density at radius 2 is 2.30 bits per heavy atom. The molecule has 1 heterocycles. The summed E-state index contributed by atoms with van der Waals surface area (Å²) in [6, 6.07) is 5.19. The molecule has 1 aliphatic rings. The topological polar surface area (TPSA) is 49.4 Å². The van der Waals surface area contributed by atoms with Crippen molar-refractivity contribution in [1.82, 2.24) is 10.2 Å². The van der Waals surface area contributed by atoms with Crippen molar-refractivity contribution in [2.24, 2.45) is 0 Å². The lowest BCUT2D eigenvalue weighted by molar-refractivity contribution is -0.126. The lowest BCUT2D eigenvalue weighted by Gasteiger charge is -2.14. The van der Waals surface area contributed by atoms with E-state index in [1.165, 1.54) is 0 Å². The van der Waals surface area contributed by atoms with E-state index in [2.05, 4.69) is 5.32 Å². The van der Waals surface area contributed by atoms with Crippen molar-refractivity contribution in [3.05, 3.63) is 28.8 Å². The minimum absolute atomic E-state index is 0.0598. The third kappa shape index (κ3) is 3.46. The van der Waals surface area contributed by atoms with Crippen LogP contribution in [-0.2, 0) is 4.79 Å². The van der Waals surface area contributed by atoms with Gasteiger partial charge in [0.1, 0.15) is 0 Å². The number of halogens is 1. The fourth-order valence-electron chi connectivity index (χ4n) is 2.18. The van der Waals surface area contributed by atoms with Gasteiger partial charge in [0.15, 0.2) is 0 Å². The molecule has 1 aliphatic heterocycles. The number of benzene rings is 1. The van der Waals surface area contributed by atoms with E-state index >= 15 is 0 Å². The number of hydrogen-bond acceptors (Lipinski definition) is 3. The normalized spacial score (nSPS) is 18.4. The first-order chi connectivity index (χ1) is 9.51. The summed E-state index contributed by atoms with van der Waals surface area (Å²) in [5, 5.41) is 3.45. The van der Waals surface area contributed by atoms with Crippen molar-refractivity contribution >= 4 is 35.2 Å². The number of carbonyl (C=O) groups excluding carboxylic acids is 2. The van der Waals surface area contributed by atoms with Crippen LogP contribution in [0.25, 0.3) is 0 Å². The Morgan fingerprint density at radius 1 is 1.55 bits per heavy atom. The summed E-state index contributed by atoms with van der Waals surface area (Å²) in [7, 11) is 1.74. The minimum Gasteiger partial charge on any atom is -0.347 e. The second kappa shape index (κ2) is 6.50. The van der Waals surface area contributed by atoms with E-state index < -0.39 is 0 Å². The Balaban J connectivity index is 2.12. The Kier molecular flexibility index (Phi) is 4.94. The molecule has 0 spiro atoms. The molecule has 6 heteroatoms. The monoisotopic (exact) mass is 312 g/mol. The molecule has 20 heavy (non-hydrogen) atoms. The second-order valence-electron chi connectivity index (χ2n) is 4.72. The largest absolute Gasteiger partial charge is 0.347 e. The maximum atomic E-state index is 12.3. The molecule has 0 saturated carbocycles. The number of carbonyl (C=O) groups is 2. The van der Waals surface area contributed by atoms with Gasteiger partial charge >= 0.3 is 0 Å². The fraction of sp³-hybridized carbons (Fsp3) is 0.429. The molecule has 1 unspecified atom stereocenters. The van der Waals surface area contributed by atoms with Gasteiger partial charge < -0.3 is 10.2 Å². The van der Waals surface area contributed by atoms with Crippen LogP contribution in [0.4, 0.5) is 0 Å². The third-order valence-electron chi connectivity index (χ3n) is 3.16. The SMILES string of the molecule is CCSc1ccc(Cl)cc1C(=O)NC1CC(=O)N(C)C1. The Morgan fingerprint density at radius 3 is 2.90 bits per heavy atom. The predicted molar refractivity (Wildman–Crippen MR) is 81.4 cm³/mol. The van der Waals surface area contributed by atoms with Crippen LogP contribution in [0.2, 0.25) is 5.02 Å². The molecule has 1 fully saturated rings. The van der Waals surface area contributed by atoms with Gasteiger partial charge in [-0.3, -0.25) is 9.59 Å². The summed E-state index contributed by atoms with van der Waals surface area (Å²) in [5.41, 5.74) is 0.575. The second-order valence-corrected chi connectivity index (χ2v) is 6.46. The van der Waals surface area contributed by atoms with Crippen molar-refractivity contribution in [1.29, 1.82) is 0 Å². The number of nitrogens with zero attached hydrogens (tertiary/aromatic N) is 1. The zero-order valence-corrected chi connectivity index (χ0v) is 13.1. The van der Waals surface area contributed by atoms with E-state index in [0.29, 0.717) is 23.6 Å². The molecule has 2 amide bonds. The van der Waals surface area contributed by atoms with Gasteiger partial charge in [0, 0.05) is 29.9 Å². The summed E-state index contributed by atoms with van der Waals surface area (Å²) < 4.78 is 0. The van der Waals surface area contributed by atoms with Crippen molar-refractivity contribution in [2.45, 2.75) is 24.3 Å². The van der Waals surface area contributed by atoms with Crippen molar-refractivity contribution in [3.8, 4) is 0 Å². The van der Waals surface area contributed by atoms with Crippen LogP contribution in [0, 0.1) is 0 Å². The van der Waals surface area contributed by atoms with E-state index in [1.54, 1.807) is 35.8 Å². The molecule has 0 radical (unpaired) electrons. The zero-order valence-electron chi connectivity index (χ0n) is 11.5. The highest BCUT2D eigenvalue weighted by Gasteiger charge is 2.28. The average molecular weight is 313 g/mol. The number of likely N-dealkylation sites (N-methyl/N-ethyl adjacent to an activating group) is 1. The minimum atomic E-state index is -0.170. The van der Waals surface area contributed by atoms with Crippen LogP contribution in [0.3, 0.4) is 0 Å². The van der Waals surface area contributed by atoms with Crippen molar-refractivity contribution < 1.29 is 9.59 Å². The molecular weight excluding hydrogens is 296 g/mol. The average Bonchev–Trinajstić information content (AvgIpc) is 2.70. The molecular formula is C14H17ClN2O2S. The molecule has 108 valence electrons. The number of likely N-dealkylation sites (tertiary alicyclic amines) is 1. The molecule has 1 saturated heterocycles. The van der Waals surface area contributed by atoms with Gasteiger partial charge in [-0.1, -0.05) is 18.5 Å². The first-order valence-electron chi connectivity index (χ1n) is 6.48. The highest BCUT2D eigenvalue weighted by molar-refractivity contribution is 7.99. The molecule has 2 rings (SSSR count). The summed E-state index contributed by atoms with van der Waals surface area (Å²) in [6.45, 7) is 2.59. The summed E-state index contributed by atoms with van der Waals surface area (Å²) in [5.74, 6) is 0.771. The predicted octanol–water partition coefficient (Wildman–Crippen LogP) is 2.41. The zero-order chi connectivity index (χ0) is 14.7. The van der Waals surface area contributed by atoms with E-state index in [4.69, 9.17) is 11.6 Å². The summed E-state index contributed by atoms with van der Waals surface area (Å²) >= 11 is 7.57. The van der Waals surface area contributed by atoms with Gasteiger partial charge in [0.25, 0.3) is 5.91 Å². The number of amides is 2. The highest BCUT2D eigenvalue weighted by atomic mass is 35.5. The van der Waals surface area contributed by atoms with Gasteiger partial charge in [0.05, 0.1) is 11.6 Å². The van der Waals surface area contributed by atoms with Gasteiger partial charge in [-0.25, -0.2) is 0 Å². The maximum Gasteiger partial charge on any atom is 0.252 e. The van der Waals surface area contributed by atoms with Gasteiger partial charge in [-0.15, -0.1) is 11.8 Å². The highest BCUT2D eigenvalue weighted by Crippen LogP contribution is 2.26. The van der Waals surface area contributed by atoms with Crippen LogP contribution >= 0.6 is 23.4 Å². The van der Waals surface area contributed by atoms with Crippen LogP contribution < -0.4 is 5.32 Å².